The summed E-state index contributed by atoms with van der Waals surface area (Å²) in [6.07, 6.45) is 0. The average Bonchev–Trinajstić information content (AvgIpc) is 2.93. The molecule has 4 nitrogen and oxygen atoms in total. The highest BCUT2D eigenvalue weighted by Crippen LogP contribution is 2.26. The molecule has 0 unspecified atom stereocenters. The van der Waals surface area contributed by atoms with Gasteiger partial charge in [-0.15, -0.1) is 10.2 Å². The summed E-state index contributed by atoms with van der Waals surface area (Å²) in [5, 5.41) is 8.80. The Labute approximate surface area is 151 Å². The molecule has 1 aromatic heterocycles. The van der Waals surface area contributed by atoms with Crippen LogP contribution in [0.25, 0.3) is 11.4 Å². The minimum atomic E-state index is -0.325. The maximum Gasteiger partial charge on any atom is 0.210 e. The summed E-state index contributed by atoms with van der Waals surface area (Å²) < 4.78 is 14.8. The molecule has 0 fully saturated rings. The quantitative estimate of drug-likeness (QED) is 0.556. The first-order valence-corrected chi connectivity index (χ1v) is 9.02. The number of nitrogens with zero attached hydrogens (tertiary/aromatic N) is 3. The first kappa shape index (κ1) is 17.5. The van der Waals surface area contributed by atoms with E-state index in [2.05, 4.69) is 55.2 Å². The van der Waals surface area contributed by atoms with E-state index in [1.807, 2.05) is 0 Å². The van der Waals surface area contributed by atoms with E-state index in [0.717, 1.165) is 5.75 Å². The molecule has 1 heterocycles. The van der Waals surface area contributed by atoms with E-state index in [4.69, 9.17) is 5.84 Å². The van der Waals surface area contributed by atoms with Crippen LogP contribution in [0.2, 0.25) is 0 Å². The van der Waals surface area contributed by atoms with Crippen LogP contribution in [0.1, 0.15) is 31.9 Å². The summed E-state index contributed by atoms with van der Waals surface area (Å²) in [7, 11) is 0. The molecule has 2 N–H and O–H groups in total. The van der Waals surface area contributed by atoms with Gasteiger partial charge in [-0.3, -0.25) is 0 Å². The van der Waals surface area contributed by atoms with Crippen molar-refractivity contribution in [2.24, 2.45) is 0 Å². The van der Waals surface area contributed by atoms with E-state index >= 15 is 0 Å². The summed E-state index contributed by atoms with van der Waals surface area (Å²) in [6.45, 7) is 6.59. The highest BCUT2D eigenvalue weighted by atomic mass is 32.2. The fourth-order valence-electron chi connectivity index (χ4n) is 2.45. The Balaban J connectivity index is 1.72. The Kier molecular flexibility index (Phi) is 4.81. The van der Waals surface area contributed by atoms with Crippen LogP contribution in [0.15, 0.2) is 53.7 Å². The second-order valence-corrected chi connectivity index (χ2v) is 7.86. The van der Waals surface area contributed by atoms with Crippen molar-refractivity contribution < 1.29 is 4.39 Å². The molecule has 0 aliphatic heterocycles. The zero-order valence-corrected chi connectivity index (χ0v) is 15.3. The van der Waals surface area contributed by atoms with Crippen molar-refractivity contribution in [1.29, 1.82) is 0 Å². The van der Waals surface area contributed by atoms with Gasteiger partial charge in [-0.05, 0) is 28.7 Å². The number of rotatable bonds is 4. The van der Waals surface area contributed by atoms with E-state index in [0.29, 0.717) is 16.5 Å². The Hall–Kier alpha value is -2.34. The van der Waals surface area contributed by atoms with Gasteiger partial charge in [0.2, 0.25) is 5.16 Å². The van der Waals surface area contributed by atoms with Crippen LogP contribution in [-0.2, 0) is 11.2 Å². The SMILES string of the molecule is CC(C)(C)c1ccc(CSc2nnc(-c3cccc(F)c3)n2N)cc1. The lowest BCUT2D eigenvalue weighted by Gasteiger charge is -2.19. The number of nitrogen functional groups attached to an aromatic ring is 1. The molecule has 3 rings (SSSR count). The van der Waals surface area contributed by atoms with Crippen molar-refractivity contribution in [2.45, 2.75) is 37.1 Å². The molecule has 3 aromatic rings. The molecule has 0 amide bonds. The van der Waals surface area contributed by atoms with E-state index in [1.165, 1.54) is 39.7 Å². The summed E-state index contributed by atoms with van der Waals surface area (Å²) in [6, 6.07) is 14.7. The number of benzene rings is 2. The molecule has 0 atom stereocenters. The molecule has 0 bridgehead atoms. The second kappa shape index (κ2) is 6.88. The third kappa shape index (κ3) is 4.02. The van der Waals surface area contributed by atoms with Crippen molar-refractivity contribution in [3.05, 3.63) is 65.5 Å². The van der Waals surface area contributed by atoms with E-state index in [-0.39, 0.29) is 11.2 Å². The Morgan fingerprint density at radius 2 is 1.80 bits per heavy atom. The standard InChI is InChI=1S/C19H21FN4S/c1-19(2,3)15-9-7-13(8-10-15)12-25-18-23-22-17(24(18)21)14-5-4-6-16(20)11-14/h4-11H,12,21H2,1-3H3. The molecule has 6 heteroatoms. The second-order valence-electron chi connectivity index (χ2n) is 6.92. The first-order chi connectivity index (χ1) is 11.8. The molecule has 2 aromatic carbocycles. The van der Waals surface area contributed by atoms with Crippen molar-refractivity contribution >= 4 is 11.8 Å². The molecular formula is C19H21FN4S. The van der Waals surface area contributed by atoms with E-state index in [1.54, 1.807) is 12.1 Å². The number of aromatic nitrogens is 3. The normalized spacial score (nSPS) is 11.7. The fourth-order valence-corrected chi connectivity index (χ4v) is 3.26. The van der Waals surface area contributed by atoms with Gasteiger partial charge >= 0.3 is 0 Å². The van der Waals surface area contributed by atoms with Crippen LogP contribution < -0.4 is 5.84 Å². The van der Waals surface area contributed by atoms with Gasteiger partial charge in [0.1, 0.15) is 5.82 Å². The lowest BCUT2D eigenvalue weighted by atomic mass is 9.87. The average molecular weight is 356 g/mol. The van der Waals surface area contributed by atoms with Gasteiger partial charge in [0.25, 0.3) is 0 Å². The molecule has 0 spiro atoms. The molecular weight excluding hydrogens is 335 g/mol. The predicted molar refractivity (Wildman–Crippen MR) is 100 cm³/mol. The van der Waals surface area contributed by atoms with Crippen LogP contribution in [0, 0.1) is 5.82 Å². The molecule has 0 aliphatic carbocycles. The van der Waals surface area contributed by atoms with Crippen LogP contribution >= 0.6 is 11.8 Å². The number of hydrogen-bond acceptors (Lipinski definition) is 4. The van der Waals surface area contributed by atoms with Crippen LogP contribution in [0.5, 0.6) is 0 Å². The van der Waals surface area contributed by atoms with Crippen molar-refractivity contribution in [2.75, 3.05) is 5.84 Å². The van der Waals surface area contributed by atoms with Gasteiger partial charge in [0.05, 0.1) is 0 Å². The number of nitrogens with two attached hydrogens (primary N) is 1. The summed E-state index contributed by atoms with van der Waals surface area (Å²) in [5.41, 5.74) is 3.24. The molecule has 0 saturated carbocycles. The summed E-state index contributed by atoms with van der Waals surface area (Å²) in [5.74, 6) is 6.94. The number of halogens is 1. The van der Waals surface area contributed by atoms with E-state index in [9.17, 15) is 4.39 Å². The summed E-state index contributed by atoms with van der Waals surface area (Å²) in [4.78, 5) is 0. The molecule has 0 aliphatic rings. The van der Waals surface area contributed by atoms with Gasteiger partial charge < -0.3 is 5.84 Å². The number of thioether (sulfide) groups is 1. The molecule has 25 heavy (non-hydrogen) atoms. The van der Waals surface area contributed by atoms with Gasteiger partial charge in [0.15, 0.2) is 5.82 Å². The van der Waals surface area contributed by atoms with Crippen molar-refractivity contribution in [3.63, 3.8) is 0 Å². The maximum atomic E-state index is 13.4. The van der Waals surface area contributed by atoms with Crippen molar-refractivity contribution in [1.82, 2.24) is 14.9 Å². The largest absolute Gasteiger partial charge is 0.335 e. The maximum absolute atomic E-state index is 13.4. The Morgan fingerprint density at radius 3 is 2.44 bits per heavy atom. The predicted octanol–water partition coefficient (Wildman–Crippen LogP) is 4.39. The number of hydrogen-bond donors (Lipinski definition) is 1. The van der Waals surface area contributed by atoms with Crippen LogP contribution in [0.3, 0.4) is 0 Å². The summed E-state index contributed by atoms with van der Waals surface area (Å²) >= 11 is 1.50. The van der Waals surface area contributed by atoms with Crippen molar-refractivity contribution in [3.8, 4) is 11.4 Å². The zero-order chi connectivity index (χ0) is 18.0. The topological polar surface area (TPSA) is 56.7 Å². The minimum Gasteiger partial charge on any atom is -0.335 e. The van der Waals surface area contributed by atoms with Gasteiger partial charge in [-0.2, -0.15) is 0 Å². The van der Waals surface area contributed by atoms with Crippen LogP contribution in [0.4, 0.5) is 4.39 Å². The molecule has 0 saturated heterocycles. The zero-order valence-electron chi connectivity index (χ0n) is 14.5. The van der Waals surface area contributed by atoms with E-state index < -0.39 is 0 Å². The molecule has 130 valence electrons. The van der Waals surface area contributed by atoms with Gasteiger partial charge in [-0.1, -0.05) is 68.9 Å². The van der Waals surface area contributed by atoms with Gasteiger partial charge in [-0.25, -0.2) is 9.07 Å². The lowest BCUT2D eigenvalue weighted by Crippen LogP contribution is -2.11. The van der Waals surface area contributed by atoms with Gasteiger partial charge in [0, 0.05) is 11.3 Å². The Bertz CT molecular complexity index is 866. The monoisotopic (exact) mass is 356 g/mol. The minimum absolute atomic E-state index is 0.142. The highest BCUT2D eigenvalue weighted by molar-refractivity contribution is 7.98. The molecule has 0 radical (unpaired) electrons. The smallest absolute Gasteiger partial charge is 0.210 e. The first-order valence-electron chi connectivity index (χ1n) is 8.03. The Morgan fingerprint density at radius 1 is 1.08 bits per heavy atom. The third-order valence-electron chi connectivity index (χ3n) is 3.94. The fraction of sp³-hybridized carbons (Fsp3) is 0.263. The van der Waals surface area contributed by atoms with Crippen LogP contribution in [-0.4, -0.2) is 14.9 Å². The third-order valence-corrected chi connectivity index (χ3v) is 4.95. The lowest BCUT2D eigenvalue weighted by molar-refractivity contribution is 0.590. The highest BCUT2D eigenvalue weighted by Gasteiger charge is 2.14.